The molecule has 0 aliphatic heterocycles. The average molecular weight is 835 g/mol. The molecule has 0 fully saturated rings. The number of aromatic nitrogens is 1. The maximum absolute atomic E-state index is 6.73. The average Bonchev–Trinajstić information content (AvgIpc) is 3.92. The SMILES string of the molecule is c1ccc(-n2c3ccccc3c3cc(-c4ccc(N(c5ccc([Si](c6ccccc6)(c6ccccc6)c6ccccc6)cc5)c5cccc6c5oc5ccccc56)cc4)ccc32)cc1. The second-order valence-electron chi connectivity index (χ2n) is 16.4. The van der Waals surface area contributed by atoms with Crippen molar-refractivity contribution < 1.29 is 4.42 Å². The van der Waals surface area contributed by atoms with Crippen molar-refractivity contribution in [3.05, 3.63) is 255 Å². The fraction of sp³-hybridized carbons (Fsp3) is 0. The van der Waals surface area contributed by atoms with Gasteiger partial charge in [-0.25, -0.2) is 0 Å². The highest BCUT2D eigenvalue weighted by Crippen LogP contribution is 2.43. The molecule has 10 aromatic carbocycles. The Bertz CT molecular complexity index is 3490. The van der Waals surface area contributed by atoms with Crippen LogP contribution in [0.3, 0.4) is 0 Å². The molecule has 0 radical (unpaired) electrons. The zero-order chi connectivity index (χ0) is 42.5. The van der Waals surface area contributed by atoms with Crippen LogP contribution in [0.2, 0.25) is 0 Å². The lowest BCUT2D eigenvalue weighted by atomic mass is 10.0. The smallest absolute Gasteiger partial charge is 0.179 e. The molecule has 0 bridgehead atoms. The van der Waals surface area contributed by atoms with Crippen molar-refractivity contribution >= 4 is 89.6 Å². The van der Waals surface area contributed by atoms with E-state index in [1.165, 1.54) is 48.1 Å². The molecule has 2 heterocycles. The number of rotatable bonds is 9. The predicted octanol–water partition coefficient (Wildman–Crippen LogP) is 13.2. The summed E-state index contributed by atoms with van der Waals surface area (Å²) in [4.78, 5) is 2.35. The van der Waals surface area contributed by atoms with E-state index in [0.717, 1.165) is 50.3 Å². The van der Waals surface area contributed by atoms with Gasteiger partial charge in [0.15, 0.2) is 13.7 Å². The molecule has 0 amide bonds. The molecule has 0 saturated carbocycles. The summed E-state index contributed by atoms with van der Waals surface area (Å²) in [5.74, 6) is 0. The van der Waals surface area contributed by atoms with Crippen molar-refractivity contribution in [1.29, 1.82) is 0 Å². The van der Waals surface area contributed by atoms with E-state index >= 15 is 0 Å². The highest BCUT2D eigenvalue weighted by molar-refractivity contribution is 7.19. The maximum atomic E-state index is 6.73. The fourth-order valence-corrected chi connectivity index (χ4v) is 14.8. The van der Waals surface area contributed by atoms with Gasteiger partial charge < -0.3 is 13.9 Å². The lowest BCUT2D eigenvalue weighted by molar-refractivity contribution is 0.669. The molecule has 4 heteroatoms. The number of nitrogens with zero attached hydrogens (tertiary/aromatic N) is 2. The molecule has 0 aliphatic carbocycles. The Balaban J connectivity index is 1.01. The molecule has 64 heavy (non-hydrogen) atoms. The first-order valence-electron chi connectivity index (χ1n) is 21.9. The second kappa shape index (κ2) is 15.6. The van der Waals surface area contributed by atoms with Crippen LogP contribution in [-0.4, -0.2) is 12.6 Å². The number of hydrogen-bond acceptors (Lipinski definition) is 2. The Kier molecular flexibility index (Phi) is 9.17. The standard InChI is InChI=1S/C60H42N2OSi/c1-5-18-45(19-6-1)62-56-29-15-13-26-52(56)55-42-44(34-41-57(55)62)43-32-35-46(36-33-43)61(58-30-17-28-54-53-27-14-16-31-59(53)63-60(54)58)47-37-39-51(40-38-47)64(48-20-7-2-8-21-48,49-22-9-3-10-23-49)50-24-11-4-12-25-50/h1-42H. The quantitative estimate of drug-likeness (QED) is 0.107. The molecule has 0 aliphatic rings. The van der Waals surface area contributed by atoms with Crippen molar-refractivity contribution in [3.8, 4) is 16.8 Å². The summed E-state index contributed by atoms with van der Waals surface area (Å²) in [5, 5.41) is 10.1. The first-order valence-corrected chi connectivity index (χ1v) is 23.9. The molecule has 0 unspecified atom stereocenters. The molecule has 2 aromatic heterocycles. The maximum Gasteiger partial charge on any atom is 0.179 e. The topological polar surface area (TPSA) is 21.3 Å². The van der Waals surface area contributed by atoms with Crippen LogP contribution in [0.4, 0.5) is 17.1 Å². The van der Waals surface area contributed by atoms with E-state index in [0.29, 0.717) is 0 Å². The third-order valence-corrected chi connectivity index (χ3v) is 17.7. The molecular weight excluding hydrogens is 793 g/mol. The summed E-state index contributed by atoms with van der Waals surface area (Å²) in [6.07, 6.45) is 0. The molecule has 0 N–H and O–H groups in total. The third-order valence-electron chi connectivity index (χ3n) is 12.9. The van der Waals surface area contributed by atoms with Gasteiger partial charge in [0.2, 0.25) is 0 Å². The molecule has 0 atom stereocenters. The van der Waals surface area contributed by atoms with Gasteiger partial charge in [0.25, 0.3) is 0 Å². The summed E-state index contributed by atoms with van der Waals surface area (Å²) in [7, 11) is -2.72. The minimum atomic E-state index is -2.72. The third kappa shape index (κ3) is 6.10. The first kappa shape index (κ1) is 37.6. The number of benzene rings is 10. The Morgan fingerprint density at radius 1 is 0.344 bits per heavy atom. The van der Waals surface area contributed by atoms with Gasteiger partial charge in [-0.05, 0) is 98.6 Å². The molecular formula is C60H42N2OSi. The van der Waals surface area contributed by atoms with Crippen LogP contribution in [0, 0.1) is 0 Å². The van der Waals surface area contributed by atoms with E-state index in [9.17, 15) is 0 Å². The van der Waals surface area contributed by atoms with Crippen molar-refractivity contribution in [2.75, 3.05) is 4.90 Å². The molecule has 0 spiro atoms. The highest BCUT2D eigenvalue weighted by atomic mass is 28.3. The minimum absolute atomic E-state index is 0.860. The lowest BCUT2D eigenvalue weighted by Crippen LogP contribution is -2.74. The van der Waals surface area contributed by atoms with E-state index in [4.69, 9.17) is 4.42 Å². The molecule has 0 saturated heterocycles. The van der Waals surface area contributed by atoms with Crippen LogP contribution in [-0.2, 0) is 0 Å². The number of furan rings is 1. The lowest BCUT2D eigenvalue weighted by Gasteiger charge is -2.35. The van der Waals surface area contributed by atoms with Gasteiger partial charge in [-0.15, -0.1) is 0 Å². The van der Waals surface area contributed by atoms with Gasteiger partial charge in [-0.3, -0.25) is 0 Å². The summed E-state index contributed by atoms with van der Waals surface area (Å²) in [6, 6.07) is 92.7. The minimum Gasteiger partial charge on any atom is -0.454 e. The van der Waals surface area contributed by atoms with Crippen molar-refractivity contribution in [3.63, 3.8) is 0 Å². The fourth-order valence-electron chi connectivity index (χ4n) is 10.1. The molecule has 302 valence electrons. The first-order chi connectivity index (χ1) is 31.8. The number of hydrogen-bond donors (Lipinski definition) is 0. The number of anilines is 3. The number of para-hydroxylation sites is 4. The van der Waals surface area contributed by atoms with Gasteiger partial charge in [0.1, 0.15) is 5.58 Å². The van der Waals surface area contributed by atoms with Crippen LogP contribution in [0.1, 0.15) is 0 Å². The van der Waals surface area contributed by atoms with Crippen LogP contribution in [0.15, 0.2) is 259 Å². The summed E-state index contributed by atoms with van der Waals surface area (Å²) >= 11 is 0. The normalized spacial score (nSPS) is 11.8. The van der Waals surface area contributed by atoms with E-state index in [1.807, 2.05) is 6.07 Å². The van der Waals surface area contributed by atoms with Crippen LogP contribution < -0.4 is 25.6 Å². The molecule has 3 nitrogen and oxygen atoms in total. The van der Waals surface area contributed by atoms with Gasteiger partial charge in [0, 0.05) is 38.6 Å². The second-order valence-corrected chi connectivity index (χ2v) is 20.3. The van der Waals surface area contributed by atoms with E-state index in [2.05, 4.69) is 258 Å². The summed E-state index contributed by atoms with van der Waals surface area (Å²) in [5.41, 5.74) is 10.7. The summed E-state index contributed by atoms with van der Waals surface area (Å²) < 4.78 is 9.09. The highest BCUT2D eigenvalue weighted by Gasteiger charge is 2.41. The predicted molar refractivity (Wildman–Crippen MR) is 272 cm³/mol. The van der Waals surface area contributed by atoms with Gasteiger partial charge in [-0.2, -0.15) is 0 Å². The van der Waals surface area contributed by atoms with Crippen LogP contribution >= 0.6 is 0 Å². The van der Waals surface area contributed by atoms with Gasteiger partial charge >= 0.3 is 0 Å². The molecule has 12 rings (SSSR count). The number of fused-ring (bicyclic) bond motifs is 6. The van der Waals surface area contributed by atoms with Gasteiger partial charge in [-0.1, -0.05) is 188 Å². The van der Waals surface area contributed by atoms with Crippen molar-refractivity contribution in [1.82, 2.24) is 4.57 Å². The van der Waals surface area contributed by atoms with Crippen molar-refractivity contribution in [2.24, 2.45) is 0 Å². The molecule has 12 aromatic rings. The van der Waals surface area contributed by atoms with E-state index in [1.54, 1.807) is 0 Å². The zero-order valence-electron chi connectivity index (χ0n) is 35.1. The van der Waals surface area contributed by atoms with Gasteiger partial charge in [0.05, 0.1) is 16.7 Å². The monoisotopic (exact) mass is 834 g/mol. The van der Waals surface area contributed by atoms with E-state index < -0.39 is 8.07 Å². The Morgan fingerprint density at radius 2 is 0.828 bits per heavy atom. The Labute approximate surface area is 373 Å². The largest absolute Gasteiger partial charge is 0.454 e. The zero-order valence-corrected chi connectivity index (χ0v) is 36.1. The van der Waals surface area contributed by atoms with E-state index in [-0.39, 0.29) is 0 Å². The van der Waals surface area contributed by atoms with Crippen LogP contribution in [0.5, 0.6) is 0 Å². The Hall–Kier alpha value is -8.18. The Morgan fingerprint density at radius 3 is 1.47 bits per heavy atom. The van der Waals surface area contributed by atoms with Crippen LogP contribution in [0.25, 0.3) is 60.6 Å². The van der Waals surface area contributed by atoms with Crippen molar-refractivity contribution in [2.45, 2.75) is 0 Å². The summed E-state index contributed by atoms with van der Waals surface area (Å²) in [6.45, 7) is 0.